The lowest BCUT2D eigenvalue weighted by Gasteiger charge is -2.28. The highest BCUT2D eigenvalue weighted by atomic mass is 14.3. The molecule has 0 aliphatic carbocycles. The first-order valence-corrected chi connectivity index (χ1v) is 15.8. The quantitative estimate of drug-likeness (QED) is 0.109. The van der Waals surface area contributed by atoms with Crippen LogP contribution in [0.5, 0.6) is 0 Å². The van der Waals surface area contributed by atoms with E-state index < -0.39 is 0 Å². The molecule has 0 fully saturated rings. The second kappa shape index (κ2) is 27.2. The van der Waals surface area contributed by atoms with E-state index in [1.165, 1.54) is 167 Å². The summed E-state index contributed by atoms with van der Waals surface area (Å²) in [6, 6.07) is 0. The van der Waals surface area contributed by atoms with Gasteiger partial charge in [0.25, 0.3) is 0 Å². The van der Waals surface area contributed by atoms with Crippen LogP contribution in [0.25, 0.3) is 0 Å². The fourth-order valence-electron chi connectivity index (χ4n) is 5.69. The highest BCUT2D eigenvalue weighted by Gasteiger charge is 2.20. The smallest absolute Gasteiger partial charge is 0.0386 e. The Morgan fingerprint density at radius 3 is 0.812 bits per heavy atom. The Morgan fingerprint density at radius 1 is 0.250 bits per heavy atom. The largest absolute Gasteiger partial charge is 0.0654 e. The highest BCUT2D eigenvalue weighted by molar-refractivity contribution is 4.71. The molecule has 0 saturated carbocycles. The lowest BCUT2D eigenvalue weighted by molar-refractivity contribution is 0.241. The van der Waals surface area contributed by atoms with Crippen LogP contribution in [0.2, 0.25) is 0 Å². The Kier molecular flexibility index (Phi) is 27.2. The lowest BCUT2D eigenvalue weighted by atomic mass is 9.78. The van der Waals surface area contributed by atoms with Gasteiger partial charge in [-0.3, -0.25) is 0 Å². The van der Waals surface area contributed by atoms with Gasteiger partial charge in [-0.05, 0) is 11.8 Å². The van der Waals surface area contributed by atoms with Gasteiger partial charge in [-0.25, -0.2) is 0 Å². The Hall–Kier alpha value is 0. The molecule has 0 rings (SSSR count). The van der Waals surface area contributed by atoms with Crippen molar-refractivity contribution < 1.29 is 0 Å². The summed E-state index contributed by atoms with van der Waals surface area (Å²) in [6.07, 6.45) is 38.2. The van der Waals surface area contributed by atoms with E-state index >= 15 is 0 Å². The molecule has 0 aromatic heterocycles. The molecule has 0 radical (unpaired) electrons. The van der Waals surface area contributed by atoms with Crippen LogP contribution in [0.4, 0.5) is 0 Å². The molecule has 0 amide bonds. The summed E-state index contributed by atoms with van der Waals surface area (Å²) < 4.78 is 0. The van der Waals surface area contributed by atoms with Crippen molar-refractivity contribution in [3.63, 3.8) is 0 Å². The standard InChI is InChI=1S/C32H66/c1-5-9-12-15-17-18-19-21-23-25-28-31(27-8-4)32(29-24-14-11-7-3)30-26-22-20-16-13-10-6-2/h31-32H,5-30H2,1-4H3. The molecule has 2 unspecified atom stereocenters. The first kappa shape index (κ1) is 32.0. The van der Waals surface area contributed by atoms with Crippen molar-refractivity contribution in [2.75, 3.05) is 0 Å². The van der Waals surface area contributed by atoms with Gasteiger partial charge < -0.3 is 0 Å². The van der Waals surface area contributed by atoms with Crippen LogP contribution in [0.15, 0.2) is 0 Å². The number of hydrogen-bond acceptors (Lipinski definition) is 0. The van der Waals surface area contributed by atoms with Crippen molar-refractivity contribution in [3.05, 3.63) is 0 Å². The van der Waals surface area contributed by atoms with Gasteiger partial charge >= 0.3 is 0 Å². The Bertz CT molecular complexity index is 320. The Balaban J connectivity index is 4.18. The van der Waals surface area contributed by atoms with E-state index in [0.717, 1.165) is 11.8 Å². The van der Waals surface area contributed by atoms with Crippen molar-refractivity contribution >= 4 is 0 Å². The predicted octanol–water partition coefficient (Wildman–Crippen LogP) is 12.4. The molecule has 2 atom stereocenters. The number of rotatable bonds is 27. The average Bonchev–Trinajstić information content (AvgIpc) is 2.80. The van der Waals surface area contributed by atoms with Gasteiger partial charge in [-0.15, -0.1) is 0 Å². The minimum Gasteiger partial charge on any atom is -0.0654 e. The van der Waals surface area contributed by atoms with E-state index in [2.05, 4.69) is 27.7 Å². The van der Waals surface area contributed by atoms with Crippen molar-refractivity contribution in [2.45, 2.75) is 195 Å². The van der Waals surface area contributed by atoms with Gasteiger partial charge in [0.1, 0.15) is 0 Å². The van der Waals surface area contributed by atoms with Crippen LogP contribution < -0.4 is 0 Å². The molecule has 0 N–H and O–H groups in total. The zero-order valence-corrected chi connectivity index (χ0v) is 23.5. The van der Waals surface area contributed by atoms with Crippen LogP contribution >= 0.6 is 0 Å². The molecular weight excluding hydrogens is 384 g/mol. The molecule has 0 saturated heterocycles. The maximum atomic E-state index is 2.42. The van der Waals surface area contributed by atoms with Crippen molar-refractivity contribution in [1.29, 1.82) is 0 Å². The summed E-state index contributed by atoms with van der Waals surface area (Å²) in [6.45, 7) is 9.41. The highest BCUT2D eigenvalue weighted by Crippen LogP contribution is 2.33. The fourth-order valence-corrected chi connectivity index (χ4v) is 5.69. The molecule has 0 bridgehead atoms. The third-order valence-corrected chi connectivity index (χ3v) is 7.86. The SMILES string of the molecule is CCCCCCCCCCCCC(CCC)C(CCCCCC)CCCCCCCCC. The maximum Gasteiger partial charge on any atom is -0.0386 e. The van der Waals surface area contributed by atoms with Crippen LogP contribution in [0.3, 0.4) is 0 Å². The van der Waals surface area contributed by atoms with Gasteiger partial charge in [-0.1, -0.05) is 195 Å². The summed E-state index contributed by atoms with van der Waals surface area (Å²) in [5, 5.41) is 0. The van der Waals surface area contributed by atoms with Gasteiger partial charge in [0, 0.05) is 0 Å². The van der Waals surface area contributed by atoms with E-state index in [1.54, 1.807) is 0 Å². The van der Waals surface area contributed by atoms with Crippen molar-refractivity contribution in [1.82, 2.24) is 0 Å². The zero-order valence-electron chi connectivity index (χ0n) is 23.5. The lowest BCUT2D eigenvalue weighted by Crippen LogP contribution is -2.15. The zero-order chi connectivity index (χ0) is 23.5. The van der Waals surface area contributed by atoms with Gasteiger partial charge in [-0.2, -0.15) is 0 Å². The van der Waals surface area contributed by atoms with Gasteiger partial charge in [0.2, 0.25) is 0 Å². The molecule has 0 aromatic rings. The molecular formula is C32H66. The summed E-state index contributed by atoms with van der Waals surface area (Å²) in [5.74, 6) is 2.05. The third-order valence-electron chi connectivity index (χ3n) is 7.86. The third kappa shape index (κ3) is 21.8. The number of hydrogen-bond donors (Lipinski definition) is 0. The normalized spacial score (nSPS) is 13.5. The minimum absolute atomic E-state index is 1.02. The molecule has 194 valence electrons. The van der Waals surface area contributed by atoms with Crippen LogP contribution in [-0.4, -0.2) is 0 Å². The minimum atomic E-state index is 1.02. The average molecular weight is 451 g/mol. The number of unbranched alkanes of at least 4 members (excludes halogenated alkanes) is 18. The van der Waals surface area contributed by atoms with E-state index in [9.17, 15) is 0 Å². The first-order chi connectivity index (χ1) is 15.8. The van der Waals surface area contributed by atoms with E-state index in [0.29, 0.717) is 0 Å². The summed E-state index contributed by atoms with van der Waals surface area (Å²) in [4.78, 5) is 0. The second-order valence-corrected chi connectivity index (χ2v) is 11.0. The molecule has 32 heavy (non-hydrogen) atoms. The van der Waals surface area contributed by atoms with Crippen molar-refractivity contribution in [3.8, 4) is 0 Å². The van der Waals surface area contributed by atoms with Crippen LogP contribution in [0, 0.1) is 11.8 Å². The van der Waals surface area contributed by atoms with Crippen LogP contribution in [-0.2, 0) is 0 Å². The van der Waals surface area contributed by atoms with Gasteiger partial charge in [0.05, 0.1) is 0 Å². The molecule has 0 aliphatic heterocycles. The molecule has 0 spiro atoms. The molecule has 0 heteroatoms. The Labute approximate surface area is 206 Å². The van der Waals surface area contributed by atoms with Gasteiger partial charge in [0.15, 0.2) is 0 Å². The topological polar surface area (TPSA) is 0 Å². The van der Waals surface area contributed by atoms with E-state index in [4.69, 9.17) is 0 Å². The molecule has 0 nitrogen and oxygen atoms in total. The fraction of sp³-hybridized carbons (Fsp3) is 1.00. The van der Waals surface area contributed by atoms with Crippen molar-refractivity contribution in [2.24, 2.45) is 11.8 Å². The molecule has 0 heterocycles. The summed E-state index contributed by atoms with van der Waals surface area (Å²) in [5.41, 5.74) is 0. The van der Waals surface area contributed by atoms with Crippen LogP contribution in [0.1, 0.15) is 195 Å². The Morgan fingerprint density at radius 2 is 0.500 bits per heavy atom. The second-order valence-electron chi connectivity index (χ2n) is 11.0. The molecule has 0 aromatic carbocycles. The predicted molar refractivity (Wildman–Crippen MR) is 150 cm³/mol. The maximum absolute atomic E-state index is 2.42. The molecule has 0 aliphatic rings. The summed E-state index contributed by atoms with van der Waals surface area (Å²) in [7, 11) is 0. The summed E-state index contributed by atoms with van der Waals surface area (Å²) >= 11 is 0. The van der Waals surface area contributed by atoms with E-state index in [-0.39, 0.29) is 0 Å². The first-order valence-electron chi connectivity index (χ1n) is 15.8. The monoisotopic (exact) mass is 451 g/mol. The van der Waals surface area contributed by atoms with E-state index in [1.807, 2.05) is 0 Å².